The number of aliphatic hydroxyl groups excluding tert-OH is 1. The lowest BCUT2D eigenvalue weighted by atomic mass is 10.2. The molecule has 0 amide bonds. The zero-order chi connectivity index (χ0) is 13.5. The average Bonchev–Trinajstić information content (AvgIpc) is 2.38. The Morgan fingerprint density at radius 1 is 1.61 bits per heavy atom. The molecule has 0 radical (unpaired) electrons. The first kappa shape index (κ1) is 14.9. The molecule has 3 N–H and O–H groups in total. The fourth-order valence-corrected chi connectivity index (χ4v) is 2.15. The summed E-state index contributed by atoms with van der Waals surface area (Å²) >= 11 is 1.56. The molecule has 0 saturated carbocycles. The van der Waals surface area contributed by atoms with Crippen LogP contribution in [0.15, 0.2) is 12.5 Å². The van der Waals surface area contributed by atoms with E-state index in [0.29, 0.717) is 12.2 Å². The van der Waals surface area contributed by atoms with Gasteiger partial charge in [-0.05, 0) is 13.2 Å². The van der Waals surface area contributed by atoms with Gasteiger partial charge < -0.3 is 15.5 Å². The molecule has 1 heterocycles. The second-order valence-corrected chi connectivity index (χ2v) is 4.89. The molecule has 0 spiro atoms. The molecule has 2 unspecified atom stereocenters. The maximum absolute atomic E-state index is 11.0. The Kier molecular flexibility index (Phi) is 6.03. The first-order valence-corrected chi connectivity index (χ1v) is 6.78. The highest BCUT2D eigenvalue weighted by Gasteiger charge is 2.16. The van der Waals surface area contributed by atoms with Crippen LogP contribution in [0.2, 0.25) is 0 Å². The first-order chi connectivity index (χ1) is 8.60. The summed E-state index contributed by atoms with van der Waals surface area (Å²) in [5.74, 6) is -1.04. The van der Waals surface area contributed by atoms with Crippen LogP contribution in [0.4, 0.5) is 0 Å². The number of carboxylic acid groups (broad SMARTS) is 1. The minimum Gasteiger partial charge on any atom is -0.478 e. The van der Waals surface area contributed by atoms with Crippen molar-refractivity contribution in [3.05, 3.63) is 23.8 Å². The Morgan fingerprint density at radius 3 is 2.89 bits per heavy atom. The van der Waals surface area contributed by atoms with Crippen LogP contribution < -0.4 is 5.32 Å². The van der Waals surface area contributed by atoms with Crippen molar-refractivity contribution in [1.29, 1.82) is 0 Å². The average molecular weight is 271 g/mol. The number of carboxylic acids is 1. The van der Waals surface area contributed by atoms with Gasteiger partial charge >= 0.3 is 5.97 Å². The summed E-state index contributed by atoms with van der Waals surface area (Å²) in [4.78, 5) is 18.6. The van der Waals surface area contributed by atoms with Gasteiger partial charge in [-0.1, -0.05) is 0 Å². The molecule has 1 aromatic rings. The van der Waals surface area contributed by atoms with Crippen molar-refractivity contribution in [2.75, 3.05) is 12.9 Å². The van der Waals surface area contributed by atoms with Crippen LogP contribution in [0.3, 0.4) is 0 Å². The predicted molar refractivity (Wildman–Crippen MR) is 69.7 cm³/mol. The number of aliphatic hydroxyl groups is 1. The molecule has 0 aliphatic carbocycles. The summed E-state index contributed by atoms with van der Waals surface area (Å²) in [6.45, 7) is 2.35. The van der Waals surface area contributed by atoms with E-state index in [0.717, 1.165) is 0 Å². The third kappa shape index (κ3) is 3.94. The van der Waals surface area contributed by atoms with Crippen LogP contribution in [-0.4, -0.2) is 50.3 Å². The highest BCUT2D eigenvalue weighted by molar-refractivity contribution is 7.99. The SMILES string of the molecule is CSC(CO)C(C)NCc1ncncc1C(=O)O. The van der Waals surface area contributed by atoms with Gasteiger partial charge in [0.05, 0.1) is 12.3 Å². The van der Waals surface area contributed by atoms with E-state index in [1.807, 2.05) is 13.2 Å². The van der Waals surface area contributed by atoms with Crippen molar-refractivity contribution < 1.29 is 15.0 Å². The van der Waals surface area contributed by atoms with Gasteiger partial charge in [0, 0.05) is 24.0 Å². The molecule has 2 atom stereocenters. The number of hydrogen-bond donors (Lipinski definition) is 3. The van der Waals surface area contributed by atoms with Gasteiger partial charge in [-0.15, -0.1) is 0 Å². The molecule has 100 valence electrons. The maximum Gasteiger partial charge on any atom is 0.339 e. The lowest BCUT2D eigenvalue weighted by Gasteiger charge is -2.21. The second-order valence-electron chi connectivity index (χ2n) is 3.81. The molecule has 1 rings (SSSR count). The van der Waals surface area contributed by atoms with Crippen LogP contribution >= 0.6 is 11.8 Å². The quantitative estimate of drug-likeness (QED) is 0.659. The van der Waals surface area contributed by atoms with Crippen molar-refractivity contribution in [1.82, 2.24) is 15.3 Å². The van der Waals surface area contributed by atoms with Crippen molar-refractivity contribution in [3.63, 3.8) is 0 Å². The molecule has 1 aromatic heterocycles. The first-order valence-electron chi connectivity index (χ1n) is 5.49. The normalized spacial score (nSPS) is 14.2. The molecular weight excluding hydrogens is 254 g/mol. The summed E-state index contributed by atoms with van der Waals surface area (Å²) in [7, 11) is 0. The highest BCUT2D eigenvalue weighted by atomic mass is 32.2. The topological polar surface area (TPSA) is 95.3 Å². The molecular formula is C11H17N3O3S. The monoisotopic (exact) mass is 271 g/mol. The summed E-state index contributed by atoms with van der Waals surface area (Å²) in [6.07, 6.45) is 4.54. The number of nitrogens with one attached hydrogen (secondary N) is 1. The summed E-state index contributed by atoms with van der Waals surface area (Å²) in [5.41, 5.74) is 0.545. The van der Waals surface area contributed by atoms with Gasteiger partial charge in [-0.2, -0.15) is 11.8 Å². The number of nitrogens with zero attached hydrogens (tertiary/aromatic N) is 2. The van der Waals surface area contributed by atoms with Crippen molar-refractivity contribution in [2.45, 2.75) is 24.8 Å². The summed E-state index contributed by atoms with van der Waals surface area (Å²) in [6, 6.07) is 0.0570. The summed E-state index contributed by atoms with van der Waals surface area (Å²) in [5, 5.41) is 21.4. The molecule has 0 aliphatic rings. The van der Waals surface area contributed by atoms with E-state index in [1.54, 1.807) is 11.8 Å². The largest absolute Gasteiger partial charge is 0.478 e. The minimum absolute atomic E-state index is 0.0570. The Labute approximate surface area is 110 Å². The Balaban J connectivity index is 2.66. The standard InChI is InChI=1S/C11H17N3O3S/c1-7(10(5-15)18-2)13-4-9-8(11(16)17)3-12-6-14-9/h3,6-7,10,13,15H,4-5H2,1-2H3,(H,16,17). The Morgan fingerprint density at radius 2 is 2.33 bits per heavy atom. The predicted octanol–water partition coefficient (Wildman–Crippen LogP) is 0.377. The number of carbonyl (C=O) groups is 1. The van der Waals surface area contributed by atoms with Gasteiger partial charge in [0.25, 0.3) is 0 Å². The van der Waals surface area contributed by atoms with E-state index >= 15 is 0 Å². The van der Waals surface area contributed by atoms with Gasteiger partial charge in [-0.3, -0.25) is 0 Å². The van der Waals surface area contributed by atoms with E-state index in [9.17, 15) is 4.79 Å². The third-order valence-corrected chi connectivity index (χ3v) is 3.82. The van der Waals surface area contributed by atoms with Gasteiger partial charge in [0.1, 0.15) is 11.9 Å². The van der Waals surface area contributed by atoms with Gasteiger partial charge in [0.2, 0.25) is 0 Å². The zero-order valence-corrected chi connectivity index (χ0v) is 11.1. The number of hydrogen-bond acceptors (Lipinski definition) is 6. The molecule has 18 heavy (non-hydrogen) atoms. The third-order valence-electron chi connectivity index (χ3n) is 2.66. The van der Waals surface area contributed by atoms with Crippen molar-refractivity contribution in [2.24, 2.45) is 0 Å². The lowest BCUT2D eigenvalue weighted by molar-refractivity contribution is 0.0694. The van der Waals surface area contributed by atoms with Crippen LogP contribution in [0.5, 0.6) is 0 Å². The highest BCUT2D eigenvalue weighted by Crippen LogP contribution is 2.11. The molecule has 0 saturated heterocycles. The van der Waals surface area contributed by atoms with Crippen LogP contribution in [0.1, 0.15) is 23.0 Å². The molecule has 7 heteroatoms. The van der Waals surface area contributed by atoms with Crippen molar-refractivity contribution in [3.8, 4) is 0 Å². The minimum atomic E-state index is -1.04. The molecule has 0 bridgehead atoms. The van der Waals surface area contributed by atoms with Crippen LogP contribution in [-0.2, 0) is 6.54 Å². The Bertz CT molecular complexity index is 399. The number of thioether (sulfide) groups is 1. The zero-order valence-electron chi connectivity index (χ0n) is 10.3. The fourth-order valence-electron chi connectivity index (χ4n) is 1.50. The van der Waals surface area contributed by atoms with E-state index in [-0.39, 0.29) is 23.5 Å². The van der Waals surface area contributed by atoms with E-state index in [4.69, 9.17) is 10.2 Å². The van der Waals surface area contributed by atoms with E-state index in [1.165, 1.54) is 12.5 Å². The van der Waals surface area contributed by atoms with Crippen molar-refractivity contribution >= 4 is 17.7 Å². The van der Waals surface area contributed by atoms with Gasteiger partial charge in [0.15, 0.2) is 0 Å². The summed E-state index contributed by atoms with van der Waals surface area (Å²) < 4.78 is 0. The fraction of sp³-hybridized carbons (Fsp3) is 0.545. The lowest BCUT2D eigenvalue weighted by Crippen LogP contribution is -2.37. The van der Waals surface area contributed by atoms with Crippen LogP contribution in [0, 0.1) is 0 Å². The number of rotatable bonds is 7. The maximum atomic E-state index is 11.0. The van der Waals surface area contributed by atoms with E-state index in [2.05, 4.69) is 15.3 Å². The van der Waals surface area contributed by atoms with Gasteiger partial charge in [-0.25, -0.2) is 14.8 Å². The second kappa shape index (κ2) is 7.30. The molecule has 6 nitrogen and oxygen atoms in total. The number of aromatic carboxylic acids is 1. The Hall–Kier alpha value is -1.18. The van der Waals surface area contributed by atoms with E-state index < -0.39 is 5.97 Å². The smallest absolute Gasteiger partial charge is 0.339 e. The molecule has 0 aliphatic heterocycles. The molecule has 0 fully saturated rings. The molecule has 0 aromatic carbocycles. The number of aromatic nitrogens is 2. The van der Waals surface area contributed by atoms with Crippen LogP contribution in [0.25, 0.3) is 0 Å².